The molecular weight excluding hydrogens is 200 g/mol. The third kappa shape index (κ3) is 1.64. The molecule has 0 aromatic rings. The first kappa shape index (κ1) is 9.23. The van der Waals surface area contributed by atoms with Gasteiger partial charge in [0.05, 0.1) is 5.71 Å². The monoisotopic (exact) mass is 208 g/mol. The normalized spacial score (nSPS) is 20.9. The molecule has 1 N–H and O–H groups in total. The fraction of sp³-hybridized carbons (Fsp3) is 0.111. The third-order valence-corrected chi connectivity index (χ3v) is 2.82. The summed E-state index contributed by atoms with van der Waals surface area (Å²) >= 11 is 1.12. The second-order valence-electron chi connectivity index (χ2n) is 2.86. The average Bonchev–Trinajstić information content (AvgIpc) is 2.48. The average molecular weight is 208 g/mol. The van der Waals surface area contributed by atoms with Crippen molar-refractivity contribution in [3.05, 3.63) is 35.2 Å². The number of thioether (sulfide) groups is 1. The van der Waals surface area contributed by atoms with E-state index < -0.39 is 0 Å². The van der Waals surface area contributed by atoms with Crippen LogP contribution in [0.2, 0.25) is 0 Å². The van der Waals surface area contributed by atoms with Crippen molar-refractivity contribution in [2.75, 3.05) is 0 Å². The molecule has 0 amide bonds. The van der Waals surface area contributed by atoms with Crippen molar-refractivity contribution in [3.8, 4) is 0 Å². The number of aliphatic imine (C=N–C) groups is 1. The van der Waals surface area contributed by atoms with Gasteiger partial charge < -0.3 is 0 Å². The molecule has 2 heterocycles. The molecule has 2 aliphatic rings. The van der Waals surface area contributed by atoms with E-state index in [9.17, 15) is 4.79 Å². The molecule has 2 aliphatic heterocycles. The van der Waals surface area contributed by atoms with Crippen molar-refractivity contribution in [2.45, 2.75) is 6.92 Å². The highest BCUT2D eigenvalue weighted by Gasteiger charge is 2.20. The fourth-order valence-corrected chi connectivity index (χ4v) is 1.87. The van der Waals surface area contributed by atoms with E-state index in [1.807, 2.05) is 0 Å². The molecular formula is C9H8N2O2S. The van der Waals surface area contributed by atoms with Crippen LogP contribution >= 0.6 is 11.8 Å². The van der Waals surface area contributed by atoms with Crippen LogP contribution in [-0.4, -0.2) is 21.1 Å². The Morgan fingerprint density at radius 1 is 1.43 bits per heavy atom. The zero-order chi connectivity index (χ0) is 10.1. The zero-order valence-electron chi connectivity index (χ0n) is 7.47. The second kappa shape index (κ2) is 3.43. The maximum absolute atomic E-state index is 11.2. The van der Waals surface area contributed by atoms with Gasteiger partial charge in [-0.25, -0.2) is 10.1 Å². The first-order valence-electron chi connectivity index (χ1n) is 4.02. The minimum atomic E-state index is -0.0132. The van der Waals surface area contributed by atoms with Gasteiger partial charge in [0.1, 0.15) is 5.03 Å². The lowest BCUT2D eigenvalue weighted by Gasteiger charge is -2.10. The lowest BCUT2D eigenvalue weighted by molar-refractivity contribution is -0.105. The van der Waals surface area contributed by atoms with Crippen LogP contribution in [0.4, 0.5) is 0 Å². The smallest absolute Gasteiger partial charge is 0.239 e. The Hall–Kier alpha value is -1.33. The number of hydrogen-bond acceptors (Lipinski definition) is 5. The van der Waals surface area contributed by atoms with E-state index in [0.29, 0.717) is 10.7 Å². The van der Waals surface area contributed by atoms with Crippen LogP contribution < -0.4 is 0 Å². The van der Waals surface area contributed by atoms with Crippen LogP contribution in [-0.2, 0) is 4.79 Å². The number of carbonyl (C=O) groups is 1. The van der Waals surface area contributed by atoms with Gasteiger partial charge in [-0.2, -0.15) is 0 Å². The second-order valence-corrected chi connectivity index (χ2v) is 3.82. The lowest BCUT2D eigenvalue weighted by atomic mass is 10.2. The molecule has 0 aromatic heterocycles. The van der Waals surface area contributed by atoms with Crippen LogP contribution in [0.25, 0.3) is 0 Å². The Morgan fingerprint density at radius 3 is 2.57 bits per heavy atom. The van der Waals surface area contributed by atoms with Crippen molar-refractivity contribution >= 4 is 22.6 Å². The van der Waals surface area contributed by atoms with Gasteiger partial charge >= 0.3 is 0 Å². The third-order valence-electron chi connectivity index (χ3n) is 1.81. The molecule has 2 rings (SSSR count). The molecule has 0 aliphatic carbocycles. The molecule has 0 fully saturated rings. The molecule has 5 heteroatoms. The molecule has 0 atom stereocenters. The quantitative estimate of drug-likeness (QED) is 0.657. The number of rotatable bonds is 0. The summed E-state index contributed by atoms with van der Waals surface area (Å²) in [5.74, 6) is 0. The highest BCUT2D eigenvalue weighted by molar-refractivity contribution is 8.19. The highest BCUT2D eigenvalue weighted by atomic mass is 32.2. The summed E-state index contributed by atoms with van der Waals surface area (Å²) in [4.78, 5) is 15.3. The van der Waals surface area contributed by atoms with Crippen LogP contribution in [0.15, 0.2) is 40.1 Å². The molecule has 72 valence electrons. The molecule has 0 saturated heterocycles. The van der Waals surface area contributed by atoms with Crippen LogP contribution in [0.1, 0.15) is 6.92 Å². The SMILES string of the molecule is CC1=NC(=C2C=CN(O)C=C2)SC1=O. The van der Waals surface area contributed by atoms with Crippen molar-refractivity contribution in [3.63, 3.8) is 0 Å². The maximum Gasteiger partial charge on any atom is 0.239 e. The molecule has 0 aromatic carbocycles. The Kier molecular flexibility index (Phi) is 2.26. The van der Waals surface area contributed by atoms with Gasteiger partial charge in [0.2, 0.25) is 5.12 Å². The molecule has 0 spiro atoms. The first-order valence-corrected chi connectivity index (χ1v) is 4.84. The predicted octanol–water partition coefficient (Wildman–Crippen LogP) is 1.66. The summed E-state index contributed by atoms with van der Waals surface area (Å²) in [5.41, 5.74) is 1.36. The van der Waals surface area contributed by atoms with E-state index in [4.69, 9.17) is 5.21 Å². The summed E-state index contributed by atoms with van der Waals surface area (Å²) in [6.45, 7) is 1.69. The number of hydrogen-bond donors (Lipinski definition) is 1. The number of carbonyl (C=O) groups excluding carboxylic acids is 1. The number of nitrogens with zero attached hydrogens (tertiary/aromatic N) is 2. The lowest BCUT2D eigenvalue weighted by Crippen LogP contribution is -2.04. The van der Waals surface area contributed by atoms with Crippen LogP contribution in [0.3, 0.4) is 0 Å². The Balaban J connectivity index is 2.32. The molecule has 14 heavy (non-hydrogen) atoms. The Labute approximate surface area is 85.3 Å². The minimum absolute atomic E-state index is 0.0132. The summed E-state index contributed by atoms with van der Waals surface area (Å²) in [6, 6.07) is 0. The number of hydroxylamine groups is 2. The fourth-order valence-electron chi connectivity index (χ4n) is 1.07. The predicted molar refractivity (Wildman–Crippen MR) is 54.6 cm³/mol. The first-order chi connectivity index (χ1) is 6.66. The van der Waals surface area contributed by atoms with Crippen molar-refractivity contribution in [2.24, 2.45) is 4.99 Å². The Bertz CT molecular complexity index is 391. The highest BCUT2D eigenvalue weighted by Crippen LogP contribution is 2.30. The minimum Gasteiger partial charge on any atom is -0.285 e. The standard InChI is InChI=1S/C9H8N2O2S/c1-6-9(12)14-8(10-6)7-2-4-11(13)5-3-7/h2-5,13H,1H3. The summed E-state index contributed by atoms with van der Waals surface area (Å²) in [6.07, 6.45) is 6.41. The van der Waals surface area contributed by atoms with Gasteiger partial charge in [0.25, 0.3) is 0 Å². The van der Waals surface area contributed by atoms with E-state index >= 15 is 0 Å². The summed E-state index contributed by atoms with van der Waals surface area (Å²) in [7, 11) is 0. The van der Waals surface area contributed by atoms with Gasteiger partial charge in [-0.05, 0) is 30.8 Å². The maximum atomic E-state index is 11.2. The molecule has 0 bridgehead atoms. The summed E-state index contributed by atoms with van der Waals surface area (Å²) < 4.78 is 0. The van der Waals surface area contributed by atoms with E-state index in [1.165, 1.54) is 12.4 Å². The van der Waals surface area contributed by atoms with E-state index in [0.717, 1.165) is 22.4 Å². The topological polar surface area (TPSA) is 52.9 Å². The molecule has 0 saturated carbocycles. The van der Waals surface area contributed by atoms with Crippen LogP contribution in [0, 0.1) is 0 Å². The van der Waals surface area contributed by atoms with E-state index in [-0.39, 0.29) is 5.12 Å². The van der Waals surface area contributed by atoms with Gasteiger partial charge in [-0.1, -0.05) is 0 Å². The van der Waals surface area contributed by atoms with Crippen LogP contribution in [0.5, 0.6) is 0 Å². The van der Waals surface area contributed by atoms with E-state index in [2.05, 4.69) is 4.99 Å². The van der Waals surface area contributed by atoms with Gasteiger partial charge in [-0.15, -0.1) is 0 Å². The van der Waals surface area contributed by atoms with Gasteiger partial charge in [-0.3, -0.25) is 10.0 Å². The van der Waals surface area contributed by atoms with Gasteiger partial charge in [0.15, 0.2) is 0 Å². The van der Waals surface area contributed by atoms with Crippen molar-refractivity contribution in [1.29, 1.82) is 0 Å². The molecule has 4 nitrogen and oxygen atoms in total. The number of allylic oxidation sites excluding steroid dienone is 3. The molecule has 0 radical (unpaired) electrons. The van der Waals surface area contributed by atoms with E-state index in [1.54, 1.807) is 19.1 Å². The Morgan fingerprint density at radius 2 is 2.07 bits per heavy atom. The zero-order valence-corrected chi connectivity index (χ0v) is 8.28. The van der Waals surface area contributed by atoms with Gasteiger partial charge in [0, 0.05) is 18.0 Å². The summed E-state index contributed by atoms with van der Waals surface area (Å²) in [5, 5.41) is 10.6. The van der Waals surface area contributed by atoms with Crippen molar-refractivity contribution in [1.82, 2.24) is 5.06 Å². The largest absolute Gasteiger partial charge is 0.285 e. The van der Waals surface area contributed by atoms with Crippen molar-refractivity contribution < 1.29 is 10.0 Å². The molecule has 0 unspecified atom stereocenters.